The molecule has 0 radical (unpaired) electrons. The number of halogens is 1. The van der Waals surface area contributed by atoms with E-state index in [-0.39, 0.29) is 11.9 Å². The summed E-state index contributed by atoms with van der Waals surface area (Å²) in [6.45, 7) is 3.41. The van der Waals surface area contributed by atoms with Crippen molar-refractivity contribution in [3.05, 3.63) is 81.3 Å². The molecule has 2 aliphatic heterocycles. The summed E-state index contributed by atoms with van der Waals surface area (Å²) in [5.74, 6) is 0.142. The second-order valence-corrected chi connectivity index (χ2v) is 8.74. The number of rotatable bonds is 4. The SMILES string of the molecule is O=C1c2cccn2[C@@H]2CN(Cc3ccc(Cl)cc3)C[C@H]2N1Cc1cccs1. The van der Waals surface area contributed by atoms with E-state index in [4.69, 9.17) is 11.6 Å². The number of amides is 1. The Balaban J connectivity index is 1.42. The van der Waals surface area contributed by atoms with Crippen molar-refractivity contribution >= 4 is 28.8 Å². The molecule has 2 aliphatic rings. The van der Waals surface area contributed by atoms with Crippen molar-refractivity contribution in [1.82, 2.24) is 14.4 Å². The minimum absolute atomic E-state index is 0.142. The third kappa shape index (κ3) is 3.10. The van der Waals surface area contributed by atoms with E-state index >= 15 is 0 Å². The number of carbonyl (C=O) groups excluding carboxylic acids is 1. The minimum atomic E-state index is 0.142. The van der Waals surface area contributed by atoms with E-state index in [1.807, 2.05) is 24.3 Å². The standard InChI is InChI=1S/C21H20ClN3OS/c22-16-7-5-15(6-8-16)11-23-13-19-20(14-23)25(12-17-3-2-10-27-17)21(26)18-4-1-9-24(18)19/h1-10,19-20H,11-14H2/t19-,20-/m1/s1. The number of hydrogen-bond acceptors (Lipinski definition) is 3. The van der Waals surface area contributed by atoms with Gasteiger partial charge in [0.25, 0.3) is 5.91 Å². The zero-order valence-electron chi connectivity index (χ0n) is 14.8. The Hall–Kier alpha value is -2.08. The van der Waals surface area contributed by atoms with E-state index in [2.05, 4.69) is 50.2 Å². The number of fused-ring (bicyclic) bond motifs is 3. The van der Waals surface area contributed by atoms with Crippen LogP contribution in [0.1, 0.15) is 27.0 Å². The van der Waals surface area contributed by atoms with Crippen LogP contribution in [0.4, 0.5) is 0 Å². The molecule has 1 saturated heterocycles. The topological polar surface area (TPSA) is 28.5 Å². The number of benzene rings is 1. The molecule has 138 valence electrons. The second kappa shape index (κ2) is 6.82. The summed E-state index contributed by atoms with van der Waals surface area (Å²) >= 11 is 7.73. The maximum absolute atomic E-state index is 13.1. The van der Waals surface area contributed by atoms with Crippen LogP contribution in [0.25, 0.3) is 0 Å². The Labute approximate surface area is 167 Å². The highest BCUT2D eigenvalue weighted by molar-refractivity contribution is 7.09. The van der Waals surface area contributed by atoms with E-state index in [9.17, 15) is 4.79 Å². The number of likely N-dealkylation sites (tertiary alicyclic amines) is 1. The van der Waals surface area contributed by atoms with Gasteiger partial charge in [0.2, 0.25) is 0 Å². The molecule has 0 bridgehead atoms. The summed E-state index contributed by atoms with van der Waals surface area (Å²) in [6.07, 6.45) is 2.05. The van der Waals surface area contributed by atoms with Crippen LogP contribution in [0, 0.1) is 0 Å². The lowest BCUT2D eigenvalue weighted by Crippen LogP contribution is -2.49. The van der Waals surface area contributed by atoms with Crippen molar-refractivity contribution in [3.63, 3.8) is 0 Å². The Bertz CT molecular complexity index is 950. The van der Waals surface area contributed by atoms with Crippen LogP contribution >= 0.6 is 22.9 Å². The van der Waals surface area contributed by atoms with Crippen molar-refractivity contribution in [2.24, 2.45) is 0 Å². The molecule has 1 fully saturated rings. The quantitative estimate of drug-likeness (QED) is 0.657. The highest BCUT2D eigenvalue weighted by atomic mass is 35.5. The maximum atomic E-state index is 13.1. The molecule has 2 aromatic heterocycles. The molecule has 6 heteroatoms. The van der Waals surface area contributed by atoms with Crippen molar-refractivity contribution in [2.75, 3.05) is 13.1 Å². The fourth-order valence-electron chi connectivity index (χ4n) is 4.33. The van der Waals surface area contributed by atoms with E-state index in [0.29, 0.717) is 12.6 Å². The highest BCUT2D eigenvalue weighted by Crippen LogP contribution is 2.35. The lowest BCUT2D eigenvalue weighted by atomic mass is 10.1. The summed E-state index contributed by atoms with van der Waals surface area (Å²) < 4.78 is 2.18. The maximum Gasteiger partial charge on any atom is 0.271 e. The van der Waals surface area contributed by atoms with Crippen molar-refractivity contribution < 1.29 is 4.79 Å². The van der Waals surface area contributed by atoms with Crippen LogP contribution in [0.3, 0.4) is 0 Å². The predicted molar refractivity (Wildman–Crippen MR) is 108 cm³/mol. The van der Waals surface area contributed by atoms with Crippen LogP contribution < -0.4 is 0 Å². The van der Waals surface area contributed by atoms with E-state index < -0.39 is 0 Å². The molecule has 2 atom stereocenters. The van der Waals surface area contributed by atoms with Gasteiger partial charge in [0.15, 0.2) is 0 Å². The van der Waals surface area contributed by atoms with Gasteiger partial charge in [0.05, 0.1) is 18.6 Å². The summed E-state index contributed by atoms with van der Waals surface area (Å²) in [4.78, 5) is 18.9. The average molecular weight is 398 g/mol. The first kappa shape index (κ1) is 17.0. The lowest BCUT2D eigenvalue weighted by molar-refractivity contribution is 0.0559. The zero-order chi connectivity index (χ0) is 18.4. The van der Waals surface area contributed by atoms with Gasteiger partial charge >= 0.3 is 0 Å². The molecule has 27 heavy (non-hydrogen) atoms. The van der Waals surface area contributed by atoms with Gasteiger partial charge in [-0.1, -0.05) is 29.8 Å². The molecule has 4 heterocycles. The summed E-state index contributed by atoms with van der Waals surface area (Å²) in [5.41, 5.74) is 2.06. The van der Waals surface area contributed by atoms with Crippen LogP contribution in [0.2, 0.25) is 5.02 Å². The van der Waals surface area contributed by atoms with Gasteiger partial charge in [0, 0.05) is 35.7 Å². The predicted octanol–water partition coefficient (Wildman–Crippen LogP) is 4.28. The third-order valence-electron chi connectivity index (χ3n) is 5.58. The Morgan fingerprint density at radius 2 is 1.81 bits per heavy atom. The molecule has 4 nitrogen and oxygen atoms in total. The monoisotopic (exact) mass is 397 g/mol. The normalized spacial score (nSPS) is 22.1. The van der Waals surface area contributed by atoms with E-state index in [1.54, 1.807) is 11.3 Å². The minimum Gasteiger partial charge on any atom is -0.337 e. The summed E-state index contributed by atoms with van der Waals surface area (Å²) in [5, 5.41) is 2.84. The number of aromatic nitrogens is 1. The molecular formula is C21H20ClN3OS. The molecule has 1 amide bonds. The number of nitrogens with zero attached hydrogens (tertiary/aromatic N) is 3. The fourth-order valence-corrected chi connectivity index (χ4v) is 5.15. The van der Waals surface area contributed by atoms with Crippen molar-refractivity contribution in [3.8, 4) is 0 Å². The van der Waals surface area contributed by atoms with Crippen molar-refractivity contribution in [1.29, 1.82) is 0 Å². The summed E-state index contributed by atoms with van der Waals surface area (Å²) in [6, 6.07) is 16.7. The smallest absolute Gasteiger partial charge is 0.271 e. The Morgan fingerprint density at radius 3 is 2.59 bits per heavy atom. The Kier molecular flexibility index (Phi) is 4.31. The molecule has 0 saturated carbocycles. The highest BCUT2D eigenvalue weighted by Gasteiger charge is 2.44. The lowest BCUT2D eigenvalue weighted by Gasteiger charge is -2.38. The van der Waals surface area contributed by atoms with Gasteiger partial charge < -0.3 is 9.47 Å². The van der Waals surface area contributed by atoms with Gasteiger partial charge in [0.1, 0.15) is 5.69 Å². The Morgan fingerprint density at radius 1 is 1.00 bits per heavy atom. The van der Waals surface area contributed by atoms with Crippen LogP contribution in [0.5, 0.6) is 0 Å². The van der Waals surface area contributed by atoms with Gasteiger partial charge in [-0.2, -0.15) is 0 Å². The molecular weight excluding hydrogens is 378 g/mol. The third-order valence-corrected chi connectivity index (χ3v) is 6.69. The molecule has 0 N–H and O–H groups in total. The van der Waals surface area contributed by atoms with Crippen LogP contribution in [-0.2, 0) is 13.1 Å². The first-order valence-electron chi connectivity index (χ1n) is 9.16. The first-order valence-corrected chi connectivity index (χ1v) is 10.4. The summed E-state index contributed by atoms with van der Waals surface area (Å²) in [7, 11) is 0. The van der Waals surface area contributed by atoms with E-state index in [1.165, 1.54) is 10.4 Å². The molecule has 5 rings (SSSR count). The van der Waals surface area contributed by atoms with E-state index in [0.717, 1.165) is 30.4 Å². The van der Waals surface area contributed by atoms with Gasteiger partial charge in [-0.05, 0) is 41.3 Å². The number of hydrogen-bond donors (Lipinski definition) is 0. The van der Waals surface area contributed by atoms with Crippen molar-refractivity contribution in [2.45, 2.75) is 25.2 Å². The van der Waals surface area contributed by atoms with Gasteiger partial charge in [-0.3, -0.25) is 9.69 Å². The molecule has 0 unspecified atom stereocenters. The largest absolute Gasteiger partial charge is 0.337 e. The molecule has 0 spiro atoms. The van der Waals surface area contributed by atoms with Crippen LogP contribution in [-0.4, -0.2) is 39.4 Å². The second-order valence-electron chi connectivity index (χ2n) is 7.27. The molecule has 3 aromatic rings. The van der Waals surface area contributed by atoms with Gasteiger partial charge in [-0.15, -0.1) is 11.3 Å². The molecule has 0 aliphatic carbocycles. The van der Waals surface area contributed by atoms with Gasteiger partial charge in [-0.25, -0.2) is 0 Å². The number of carbonyl (C=O) groups is 1. The fraction of sp³-hybridized carbons (Fsp3) is 0.286. The zero-order valence-corrected chi connectivity index (χ0v) is 16.4. The van der Waals surface area contributed by atoms with Crippen LogP contribution in [0.15, 0.2) is 60.1 Å². The average Bonchev–Trinajstić information content (AvgIpc) is 3.40. The first-order chi connectivity index (χ1) is 13.2. The molecule has 1 aromatic carbocycles. The number of thiophene rings is 1.